The van der Waals surface area contributed by atoms with Crippen LogP contribution in [-0.4, -0.2) is 89.5 Å². The van der Waals surface area contributed by atoms with Crippen LogP contribution < -0.4 is 10.2 Å². The van der Waals surface area contributed by atoms with Crippen LogP contribution >= 0.6 is 11.6 Å². The molecule has 35 heavy (non-hydrogen) atoms. The number of hydrogen-bond acceptors (Lipinski definition) is 10. The number of hydrogen-bond donors (Lipinski definition) is 6. The lowest BCUT2D eigenvalue weighted by Gasteiger charge is -2.29. The van der Waals surface area contributed by atoms with Crippen molar-refractivity contribution in [1.82, 2.24) is 19.4 Å². The average molecular weight is 503 g/mol. The Labute approximate surface area is 205 Å². The van der Waals surface area contributed by atoms with E-state index in [1.807, 2.05) is 19.1 Å². The van der Waals surface area contributed by atoms with E-state index in [1.54, 1.807) is 47.1 Å². The summed E-state index contributed by atoms with van der Waals surface area (Å²) in [5, 5.41) is 52.6. The number of halogens is 1. The summed E-state index contributed by atoms with van der Waals surface area (Å²) in [6, 6.07) is 9.09. The number of rotatable bonds is 9. The molecule has 186 valence electrons. The third kappa shape index (κ3) is 5.01. The minimum atomic E-state index is -1.70. The number of para-hydroxylation sites is 1. The number of imidazole rings is 1. The largest absolute Gasteiger partial charge is 0.394 e. The Balaban J connectivity index is 1.63. The van der Waals surface area contributed by atoms with Crippen molar-refractivity contribution in [2.45, 2.75) is 31.3 Å². The number of pyridine rings is 1. The second kappa shape index (κ2) is 10.3. The van der Waals surface area contributed by atoms with Gasteiger partial charge in [-0.05, 0) is 30.7 Å². The van der Waals surface area contributed by atoms with Gasteiger partial charge >= 0.3 is 0 Å². The molecule has 0 fully saturated rings. The number of aryl methyl sites for hydroxylation is 1. The van der Waals surface area contributed by atoms with E-state index in [2.05, 4.69) is 15.3 Å². The van der Waals surface area contributed by atoms with Gasteiger partial charge in [-0.15, -0.1) is 0 Å². The lowest BCUT2D eigenvalue weighted by molar-refractivity contribution is -0.112. The van der Waals surface area contributed by atoms with E-state index in [4.69, 9.17) is 21.7 Å². The first-order valence-corrected chi connectivity index (χ1v) is 11.3. The number of nitrogens with zero attached hydrogens (tertiary/aromatic N) is 5. The molecule has 4 atom stereocenters. The highest BCUT2D eigenvalue weighted by atomic mass is 35.5. The molecule has 0 aliphatic heterocycles. The zero-order valence-corrected chi connectivity index (χ0v) is 19.9. The minimum absolute atomic E-state index is 0.0964. The van der Waals surface area contributed by atoms with Crippen molar-refractivity contribution in [2.75, 3.05) is 30.4 Å². The van der Waals surface area contributed by atoms with Gasteiger partial charge in [-0.25, -0.2) is 15.0 Å². The predicted molar refractivity (Wildman–Crippen MR) is 132 cm³/mol. The van der Waals surface area contributed by atoms with Crippen molar-refractivity contribution in [3.05, 3.63) is 53.4 Å². The molecular weight excluding hydrogens is 476 g/mol. The molecule has 11 nitrogen and oxygen atoms in total. The van der Waals surface area contributed by atoms with E-state index in [0.717, 1.165) is 11.3 Å². The molecule has 3 heterocycles. The van der Waals surface area contributed by atoms with E-state index in [1.165, 1.54) is 0 Å². The first-order valence-electron chi connectivity index (χ1n) is 10.9. The number of aromatic nitrogens is 4. The topological polar surface area (TPSA) is 160 Å². The summed E-state index contributed by atoms with van der Waals surface area (Å²) >= 11 is 6.38. The molecule has 0 amide bonds. The fourth-order valence-electron chi connectivity index (χ4n) is 3.77. The molecule has 0 radical (unpaired) electrons. The maximum absolute atomic E-state index is 10.3. The summed E-state index contributed by atoms with van der Waals surface area (Å²) in [5.74, 6) is 1.03. The molecular formula is C23H27ClN6O5. The van der Waals surface area contributed by atoms with Gasteiger partial charge in [0.2, 0.25) is 0 Å². The van der Waals surface area contributed by atoms with Crippen LogP contribution in [0.4, 0.5) is 17.3 Å². The molecule has 0 aliphatic rings. The van der Waals surface area contributed by atoms with E-state index in [0.29, 0.717) is 33.3 Å². The van der Waals surface area contributed by atoms with Crippen LogP contribution in [0, 0.1) is 6.92 Å². The van der Waals surface area contributed by atoms with Crippen LogP contribution in [0.15, 0.2) is 42.9 Å². The monoisotopic (exact) mass is 502 g/mol. The Morgan fingerprint density at radius 2 is 1.80 bits per heavy atom. The number of aliphatic hydroxyl groups is 5. The SMILES string of the molecule is Cc1cccc(Cl)c1Nc1nc2ccc(N(C)C[C@H](O)[C@@H](O)[C@H](O)[C@H](O)CO)nc2n2cncc12. The van der Waals surface area contributed by atoms with Gasteiger partial charge in [0.1, 0.15) is 41.5 Å². The van der Waals surface area contributed by atoms with Crippen LogP contribution in [0.3, 0.4) is 0 Å². The lowest BCUT2D eigenvalue weighted by atomic mass is 10.0. The van der Waals surface area contributed by atoms with E-state index in [-0.39, 0.29) is 6.54 Å². The molecule has 0 spiro atoms. The predicted octanol–water partition coefficient (Wildman–Crippen LogP) is 0.855. The van der Waals surface area contributed by atoms with E-state index >= 15 is 0 Å². The molecule has 0 saturated carbocycles. The zero-order chi connectivity index (χ0) is 25.3. The number of nitrogens with one attached hydrogen (secondary N) is 1. The van der Waals surface area contributed by atoms with E-state index in [9.17, 15) is 20.4 Å². The van der Waals surface area contributed by atoms with Gasteiger partial charge in [-0.1, -0.05) is 23.7 Å². The Kier molecular flexibility index (Phi) is 7.36. The maximum atomic E-state index is 10.3. The van der Waals surface area contributed by atoms with Crippen molar-refractivity contribution in [3.63, 3.8) is 0 Å². The van der Waals surface area contributed by atoms with E-state index < -0.39 is 31.0 Å². The summed E-state index contributed by atoms with van der Waals surface area (Å²) in [5.41, 5.74) is 3.50. The summed E-state index contributed by atoms with van der Waals surface area (Å²) in [4.78, 5) is 15.2. The molecule has 6 N–H and O–H groups in total. The number of likely N-dealkylation sites (N-methyl/N-ethyl adjacent to an activating group) is 1. The standard InChI is InChI=1S/C23H27ClN6O5/c1-12-4-3-5-13(24)19(12)28-22-15-8-25-11-30(15)23-14(26-22)6-7-18(27-23)29(2)9-16(32)20(34)21(35)17(33)10-31/h3-8,11,16-17,20-21,31-35H,9-10H2,1-2H3,(H,26,28)/t16-,17+,20+,21+/m0/s1. The van der Waals surface area contributed by atoms with Gasteiger partial charge in [0.25, 0.3) is 0 Å². The van der Waals surface area contributed by atoms with Gasteiger partial charge in [0.05, 0.1) is 29.6 Å². The number of aliphatic hydroxyl groups excluding tert-OH is 5. The molecule has 0 saturated heterocycles. The Bertz CT molecular complexity index is 1310. The Hall–Kier alpha value is -3.06. The van der Waals surface area contributed by atoms with Crippen LogP contribution in [0.25, 0.3) is 16.7 Å². The summed E-state index contributed by atoms with van der Waals surface area (Å²) in [6.07, 6.45) is -3.06. The van der Waals surface area contributed by atoms with Crippen molar-refractivity contribution in [1.29, 1.82) is 0 Å². The molecule has 0 unspecified atom stereocenters. The van der Waals surface area contributed by atoms with Gasteiger partial charge < -0.3 is 35.7 Å². The molecule has 0 aliphatic carbocycles. The highest BCUT2D eigenvalue weighted by Gasteiger charge is 2.31. The second-order valence-electron chi connectivity index (χ2n) is 8.36. The maximum Gasteiger partial charge on any atom is 0.166 e. The summed E-state index contributed by atoms with van der Waals surface area (Å²) in [7, 11) is 1.66. The van der Waals surface area contributed by atoms with Crippen LogP contribution in [0.1, 0.15) is 5.56 Å². The van der Waals surface area contributed by atoms with Gasteiger partial charge in [0, 0.05) is 13.6 Å². The Morgan fingerprint density at radius 1 is 1.06 bits per heavy atom. The van der Waals surface area contributed by atoms with Gasteiger partial charge in [-0.3, -0.25) is 4.40 Å². The Morgan fingerprint density at radius 3 is 2.51 bits per heavy atom. The van der Waals surface area contributed by atoms with Crippen molar-refractivity contribution >= 4 is 45.6 Å². The molecule has 4 rings (SSSR count). The van der Waals surface area contributed by atoms with Gasteiger partial charge in [-0.2, -0.15) is 0 Å². The quantitative estimate of drug-likeness (QED) is 0.194. The fraction of sp³-hybridized carbons (Fsp3) is 0.348. The van der Waals surface area contributed by atoms with Gasteiger partial charge in [0.15, 0.2) is 11.5 Å². The minimum Gasteiger partial charge on any atom is -0.394 e. The highest BCUT2D eigenvalue weighted by Crippen LogP contribution is 2.31. The highest BCUT2D eigenvalue weighted by molar-refractivity contribution is 6.33. The van der Waals surface area contributed by atoms with Crippen molar-refractivity contribution in [2.24, 2.45) is 0 Å². The summed E-state index contributed by atoms with van der Waals surface area (Å²) in [6.45, 7) is 1.11. The molecule has 0 bridgehead atoms. The fourth-order valence-corrected chi connectivity index (χ4v) is 4.04. The first-order chi connectivity index (χ1) is 16.7. The second-order valence-corrected chi connectivity index (χ2v) is 8.76. The average Bonchev–Trinajstić information content (AvgIpc) is 3.35. The molecule has 4 aromatic rings. The summed E-state index contributed by atoms with van der Waals surface area (Å²) < 4.78 is 1.78. The number of anilines is 3. The third-order valence-electron chi connectivity index (χ3n) is 5.82. The van der Waals surface area contributed by atoms with Crippen molar-refractivity contribution < 1.29 is 25.5 Å². The van der Waals surface area contributed by atoms with Crippen LogP contribution in [0.5, 0.6) is 0 Å². The number of fused-ring (bicyclic) bond motifs is 3. The van der Waals surface area contributed by atoms with Crippen molar-refractivity contribution in [3.8, 4) is 0 Å². The third-order valence-corrected chi connectivity index (χ3v) is 6.14. The molecule has 3 aromatic heterocycles. The molecule has 12 heteroatoms. The van der Waals surface area contributed by atoms with Crippen LogP contribution in [0.2, 0.25) is 5.02 Å². The van der Waals surface area contributed by atoms with Crippen LogP contribution in [-0.2, 0) is 0 Å². The zero-order valence-electron chi connectivity index (χ0n) is 19.1. The number of benzene rings is 1. The normalized spacial score (nSPS) is 15.2. The lowest BCUT2D eigenvalue weighted by Crippen LogP contribution is -2.49. The smallest absolute Gasteiger partial charge is 0.166 e. The first kappa shape index (κ1) is 25.0. The molecule has 1 aromatic carbocycles.